The lowest BCUT2D eigenvalue weighted by atomic mass is 10.0. The Balaban J connectivity index is 1.82. The first-order valence-corrected chi connectivity index (χ1v) is 6.83. The average Bonchev–Trinajstić information content (AvgIpc) is 2.90. The molecule has 0 aliphatic heterocycles. The summed E-state index contributed by atoms with van der Waals surface area (Å²) in [4.78, 5) is 11.9. The summed E-state index contributed by atoms with van der Waals surface area (Å²) in [5.74, 6) is 0.807. The van der Waals surface area contributed by atoms with Crippen molar-refractivity contribution in [1.29, 1.82) is 0 Å². The molecular formula is C15H22N2O. The Morgan fingerprint density at radius 3 is 2.56 bits per heavy atom. The van der Waals surface area contributed by atoms with E-state index in [0.717, 1.165) is 17.7 Å². The number of rotatable bonds is 5. The number of amides is 1. The van der Waals surface area contributed by atoms with Gasteiger partial charge in [-0.2, -0.15) is 0 Å². The van der Waals surface area contributed by atoms with Gasteiger partial charge in [0.25, 0.3) is 0 Å². The highest BCUT2D eigenvalue weighted by atomic mass is 16.1. The highest BCUT2D eigenvalue weighted by molar-refractivity contribution is 5.78. The van der Waals surface area contributed by atoms with Crippen LogP contribution in [0.4, 0.5) is 0 Å². The molecule has 18 heavy (non-hydrogen) atoms. The average molecular weight is 246 g/mol. The van der Waals surface area contributed by atoms with E-state index in [9.17, 15) is 4.79 Å². The number of hydrogen-bond acceptors (Lipinski definition) is 2. The number of hydrogen-bond donors (Lipinski definition) is 2. The molecule has 1 aliphatic rings. The summed E-state index contributed by atoms with van der Waals surface area (Å²) in [6.45, 7) is 1.33. The van der Waals surface area contributed by atoms with Crippen molar-refractivity contribution in [3.63, 3.8) is 0 Å². The lowest BCUT2D eigenvalue weighted by Gasteiger charge is -2.12. The van der Waals surface area contributed by atoms with Gasteiger partial charge in [-0.3, -0.25) is 4.79 Å². The van der Waals surface area contributed by atoms with Crippen molar-refractivity contribution in [2.45, 2.75) is 38.6 Å². The largest absolute Gasteiger partial charge is 0.356 e. The third-order valence-electron chi connectivity index (χ3n) is 3.75. The number of nitrogens with two attached hydrogens (primary N) is 1. The summed E-state index contributed by atoms with van der Waals surface area (Å²) in [6, 6.07) is 7.89. The summed E-state index contributed by atoms with van der Waals surface area (Å²) < 4.78 is 0. The van der Waals surface area contributed by atoms with Gasteiger partial charge in [0.15, 0.2) is 0 Å². The molecule has 3 N–H and O–H groups in total. The fourth-order valence-electron chi connectivity index (χ4n) is 2.64. The molecule has 98 valence electrons. The zero-order chi connectivity index (χ0) is 12.8. The number of carbonyl (C=O) groups excluding carboxylic acids is 1. The second-order valence-corrected chi connectivity index (χ2v) is 5.10. The number of nitrogens with one attached hydrogen (secondary N) is 1. The summed E-state index contributed by atoms with van der Waals surface area (Å²) >= 11 is 0. The molecule has 0 heterocycles. The molecule has 1 aromatic carbocycles. The lowest BCUT2D eigenvalue weighted by Crippen LogP contribution is -2.30. The van der Waals surface area contributed by atoms with Crippen LogP contribution in [0.1, 0.15) is 36.8 Å². The fraction of sp³-hybridized carbons (Fsp3) is 0.533. The highest BCUT2D eigenvalue weighted by Crippen LogP contribution is 2.23. The minimum Gasteiger partial charge on any atom is -0.356 e. The van der Waals surface area contributed by atoms with Crippen molar-refractivity contribution >= 4 is 5.91 Å². The van der Waals surface area contributed by atoms with Gasteiger partial charge < -0.3 is 11.1 Å². The van der Waals surface area contributed by atoms with Crippen LogP contribution < -0.4 is 11.1 Å². The molecule has 3 heteroatoms. The van der Waals surface area contributed by atoms with Gasteiger partial charge in [-0.1, -0.05) is 37.1 Å². The van der Waals surface area contributed by atoms with Gasteiger partial charge in [-0.15, -0.1) is 0 Å². The van der Waals surface area contributed by atoms with Crippen molar-refractivity contribution in [2.75, 3.05) is 6.54 Å². The van der Waals surface area contributed by atoms with Crippen LogP contribution in [0, 0.1) is 5.92 Å². The standard InChI is InChI=1S/C15H22N2O/c16-10-14-8-4-3-7-13(14)9-15(18)17-11-12-5-1-2-6-12/h3-4,7-8,12H,1-2,5-6,9-11,16H2,(H,17,18). The Kier molecular flexibility index (Phi) is 4.76. The van der Waals surface area contributed by atoms with E-state index in [-0.39, 0.29) is 5.91 Å². The molecule has 1 saturated carbocycles. The van der Waals surface area contributed by atoms with Crippen molar-refractivity contribution in [3.8, 4) is 0 Å². The predicted molar refractivity (Wildman–Crippen MR) is 73.0 cm³/mol. The molecule has 0 bridgehead atoms. The molecule has 1 amide bonds. The van der Waals surface area contributed by atoms with Gasteiger partial charge >= 0.3 is 0 Å². The third kappa shape index (κ3) is 3.57. The van der Waals surface area contributed by atoms with Crippen LogP contribution in [-0.4, -0.2) is 12.5 Å². The SMILES string of the molecule is NCc1ccccc1CC(=O)NCC1CCCC1. The molecule has 0 saturated heterocycles. The minimum absolute atomic E-state index is 0.114. The predicted octanol–water partition coefficient (Wildman–Crippen LogP) is 1.99. The van der Waals surface area contributed by atoms with Gasteiger partial charge in [0, 0.05) is 13.1 Å². The van der Waals surface area contributed by atoms with Crippen LogP contribution in [0.5, 0.6) is 0 Å². The van der Waals surface area contributed by atoms with Gasteiger partial charge in [0.2, 0.25) is 5.91 Å². The highest BCUT2D eigenvalue weighted by Gasteiger charge is 2.15. The van der Waals surface area contributed by atoms with Crippen LogP contribution >= 0.6 is 0 Å². The maximum absolute atomic E-state index is 11.9. The van der Waals surface area contributed by atoms with Crippen LogP contribution in [0.15, 0.2) is 24.3 Å². The zero-order valence-corrected chi connectivity index (χ0v) is 10.8. The normalized spacial score (nSPS) is 15.8. The molecule has 0 spiro atoms. The summed E-state index contributed by atoms with van der Waals surface area (Å²) in [6.07, 6.45) is 5.60. The molecular weight excluding hydrogens is 224 g/mol. The lowest BCUT2D eigenvalue weighted by molar-refractivity contribution is -0.120. The molecule has 0 atom stereocenters. The zero-order valence-electron chi connectivity index (χ0n) is 10.8. The quantitative estimate of drug-likeness (QED) is 0.835. The second-order valence-electron chi connectivity index (χ2n) is 5.10. The smallest absolute Gasteiger partial charge is 0.224 e. The van der Waals surface area contributed by atoms with Crippen molar-refractivity contribution < 1.29 is 4.79 Å². The van der Waals surface area contributed by atoms with Crippen molar-refractivity contribution in [3.05, 3.63) is 35.4 Å². The number of benzene rings is 1. The van der Waals surface area contributed by atoms with Crippen molar-refractivity contribution in [2.24, 2.45) is 11.7 Å². The van der Waals surface area contributed by atoms with Crippen LogP contribution in [0.3, 0.4) is 0 Å². The fourth-order valence-corrected chi connectivity index (χ4v) is 2.64. The molecule has 0 unspecified atom stereocenters. The van der Waals surface area contributed by atoms with Crippen LogP contribution in [0.2, 0.25) is 0 Å². The van der Waals surface area contributed by atoms with Gasteiger partial charge in [-0.25, -0.2) is 0 Å². The Bertz CT molecular complexity index is 397. The van der Waals surface area contributed by atoms with Crippen LogP contribution in [0.25, 0.3) is 0 Å². The Morgan fingerprint density at radius 2 is 1.89 bits per heavy atom. The topological polar surface area (TPSA) is 55.1 Å². The van der Waals surface area contributed by atoms with E-state index in [1.807, 2.05) is 24.3 Å². The number of carbonyl (C=O) groups is 1. The van der Waals surface area contributed by atoms with E-state index < -0.39 is 0 Å². The molecule has 1 fully saturated rings. The summed E-state index contributed by atoms with van der Waals surface area (Å²) in [5.41, 5.74) is 7.78. The van der Waals surface area contributed by atoms with E-state index in [0.29, 0.717) is 18.9 Å². The molecule has 1 aliphatic carbocycles. The van der Waals surface area contributed by atoms with E-state index in [2.05, 4.69) is 5.32 Å². The van der Waals surface area contributed by atoms with Gasteiger partial charge in [0.1, 0.15) is 0 Å². The molecule has 1 aromatic rings. The molecule has 0 aromatic heterocycles. The van der Waals surface area contributed by atoms with E-state index in [1.165, 1.54) is 25.7 Å². The monoisotopic (exact) mass is 246 g/mol. The first-order valence-electron chi connectivity index (χ1n) is 6.83. The Hall–Kier alpha value is -1.35. The Morgan fingerprint density at radius 1 is 1.22 bits per heavy atom. The van der Waals surface area contributed by atoms with Crippen molar-refractivity contribution in [1.82, 2.24) is 5.32 Å². The molecule has 0 radical (unpaired) electrons. The van der Waals surface area contributed by atoms with E-state index in [1.54, 1.807) is 0 Å². The Labute approximate surface area is 109 Å². The first-order chi connectivity index (χ1) is 8.79. The first kappa shape index (κ1) is 13.1. The van der Waals surface area contributed by atoms with Crippen LogP contribution in [-0.2, 0) is 17.8 Å². The maximum Gasteiger partial charge on any atom is 0.224 e. The molecule has 2 rings (SSSR count). The molecule has 3 nitrogen and oxygen atoms in total. The van der Waals surface area contributed by atoms with Gasteiger partial charge in [0.05, 0.1) is 6.42 Å². The maximum atomic E-state index is 11.9. The van der Waals surface area contributed by atoms with E-state index in [4.69, 9.17) is 5.73 Å². The minimum atomic E-state index is 0.114. The second kappa shape index (κ2) is 6.55. The van der Waals surface area contributed by atoms with Gasteiger partial charge in [-0.05, 0) is 29.9 Å². The third-order valence-corrected chi connectivity index (χ3v) is 3.75. The summed E-state index contributed by atoms with van der Waals surface area (Å²) in [7, 11) is 0. The van der Waals surface area contributed by atoms with E-state index >= 15 is 0 Å². The summed E-state index contributed by atoms with van der Waals surface area (Å²) in [5, 5.41) is 3.04.